The molecule has 1 fully saturated rings. The van der Waals surface area contributed by atoms with Crippen LogP contribution in [0.5, 0.6) is 0 Å². The zero-order valence-electron chi connectivity index (χ0n) is 15.4. The molecule has 1 saturated heterocycles. The van der Waals surface area contributed by atoms with Crippen molar-refractivity contribution in [1.29, 1.82) is 0 Å². The molecule has 27 heavy (non-hydrogen) atoms. The van der Waals surface area contributed by atoms with E-state index in [0.29, 0.717) is 18.7 Å². The normalized spacial score (nSPS) is 17.6. The number of guanidine groups is 1. The molecule has 1 aromatic heterocycles. The fourth-order valence-corrected chi connectivity index (χ4v) is 3.31. The van der Waals surface area contributed by atoms with E-state index in [0.717, 1.165) is 29.1 Å². The van der Waals surface area contributed by atoms with Crippen LogP contribution < -0.4 is 5.32 Å². The fraction of sp³-hybridized carbons (Fsp3) is 0.444. The second kappa shape index (κ2) is 10.4. The van der Waals surface area contributed by atoms with Crippen LogP contribution in [0.2, 0.25) is 0 Å². The van der Waals surface area contributed by atoms with E-state index in [9.17, 15) is 4.39 Å². The number of nitrogens with zero attached hydrogens (tertiary/aromatic N) is 4. The molecule has 0 radical (unpaired) electrons. The van der Waals surface area contributed by atoms with Crippen LogP contribution in [0.4, 0.5) is 4.39 Å². The highest BCUT2D eigenvalue weighted by atomic mass is 127. The Balaban J connectivity index is 0.00000261. The number of aryl methyl sites for hydroxylation is 1. The molecule has 1 aliphatic heterocycles. The van der Waals surface area contributed by atoms with Gasteiger partial charge in [0.25, 0.3) is 0 Å². The maximum Gasteiger partial charge on any atom is 0.194 e. The number of hydrogen-bond donors (Lipinski definition) is 1. The number of aromatic nitrogens is 2. The summed E-state index contributed by atoms with van der Waals surface area (Å²) < 4.78 is 22.5. The molecule has 2 aromatic rings. The minimum absolute atomic E-state index is 0. The van der Waals surface area contributed by atoms with Crippen molar-refractivity contribution in [2.24, 2.45) is 12.0 Å². The number of halogens is 3. The molecule has 148 valence electrons. The number of aliphatic imine (C=N–C) groups is 1. The van der Waals surface area contributed by atoms with Gasteiger partial charge >= 0.3 is 0 Å². The fourth-order valence-electron chi connectivity index (χ4n) is 2.90. The molecule has 1 atom stereocenters. The zero-order chi connectivity index (χ0) is 18.5. The molecule has 2 heterocycles. The van der Waals surface area contributed by atoms with E-state index < -0.39 is 0 Å². The van der Waals surface area contributed by atoms with Gasteiger partial charge in [0.05, 0.1) is 25.9 Å². The van der Waals surface area contributed by atoms with Crippen LogP contribution >= 0.6 is 39.9 Å². The van der Waals surface area contributed by atoms with Crippen molar-refractivity contribution in [3.05, 3.63) is 52.0 Å². The molecular weight excluding hydrogens is 528 g/mol. The number of nitrogens with one attached hydrogen (secondary N) is 1. The van der Waals surface area contributed by atoms with E-state index in [1.54, 1.807) is 16.8 Å². The summed E-state index contributed by atoms with van der Waals surface area (Å²) in [7, 11) is 1.89. The zero-order valence-corrected chi connectivity index (χ0v) is 19.3. The molecule has 1 aliphatic rings. The Hall–Kier alpha value is -1.20. The smallest absolute Gasteiger partial charge is 0.194 e. The second-order valence-corrected chi connectivity index (χ2v) is 7.07. The summed E-state index contributed by atoms with van der Waals surface area (Å²) in [5.74, 6) is 0.520. The molecule has 1 aromatic carbocycles. The summed E-state index contributed by atoms with van der Waals surface area (Å²) >= 11 is 3.38. The Morgan fingerprint density at radius 1 is 1.48 bits per heavy atom. The standard InChI is InChI=1S/C18H23BrFN5O.HI/c1-3-21-18(22-9-13-8-15(19)4-5-16(13)20)25-6-7-26-17(12-25)14-10-23-24(2)11-14;/h4-5,8,10-11,17H,3,6-7,9,12H2,1-2H3,(H,21,22);1H. The second-order valence-electron chi connectivity index (χ2n) is 6.16. The highest BCUT2D eigenvalue weighted by Crippen LogP contribution is 2.22. The Bertz CT molecular complexity index is 785. The third-order valence-electron chi connectivity index (χ3n) is 4.20. The molecule has 0 bridgehead atoms. The third-order valence-corrected chi connectivity index (χ3v) is 4.70. The highest BCUT2D eigenvalue weighted by Gasteiger charge is 2.25. The molecule has 0 amide bonds. The SMILES string of the molecule is CCNC(=NCc1cc(Br)ccc1F)N1CCOC(c2cnn(C)c2)C1.I. The Kier molecular flexibility index (Phi) is 8.49. The first-order valence-electron chi connectivity index (χ1n) is 8.64. The Morgan fingerprint density at radius 2 is 2.30 bits per heavy atom. The lowest BCUT2D eigenvalue weighted by Gasteiger charge is -2.34. The summed E-state index contributed by atoms with van der Waals surface area (Å²) in [6.45, 7) is 5.07. The van der Waals surface area contributed by atoms with E-state index in [1.165, 1.54) is 6.07 Å². The molecule has 3 rings (SSSR count). The minimum atomic E-state index is -0.247. The molecule has 0 spiro atoms. The molecule has 0 saturated carbocycles. The van der Waals surface area contributed by atoms with E-state index >= 15 is 0 Å². The molecular formula is C18H24BrFIN5O. The van der Waals surface area contributed by atoms with Gasteiger partial charge in [-0.25, -0.2) is 9.38 Å². The number of hydrogen-bond acceptors (Lipinski definition) is 3. The van der Waals surface area contributed by atoms with Crippen molar-refractivity contribution in [2.75, 3.05) is 26.2 Å². The number of rotatable bonds is 4. The van der Waals surface area contributed by atoms with Gasteiger partial charge in [-0.2, -0.15) is 5.10 Å². The number of benzene rings is 1. The van der Waals surface area contributed by atoms with Crippen molar-refractivity contribution < 1.29 is 9.13 Å². The van der Waals surface area contributed by atoms with Crippen LogP contribution in [0.25, 0.3) is 0 Å². The van der Waals surface area contributed by atoms with Gasteiger partial charge < -0.3 is 15.0 Å². The first-order chi connectivity index (χ1) is 12.6. The van der Waals surface area contributed by atoms with Crippen LogP contribution in [-0.2, 0) is 18.3 Å². The highest BCUT2D eigenvalue weighted by molar-refractivity contribution is 14.0. The van der Waals surface area contributed by atoms with Gasteiger partial charge in [0, 0.05) is 41.9 Å². The van der Waals surface area contributed by atoms with Gasteiger partial charge in [0.15, 0.2) is 5.96 Å². The summed E-state index contributed by atoms with van der Waals surface area (Å²) in [4.78, 5) is 6.79. The van der Waals surface area contributed by atoms with E-state index in [1.807, 2.05) is 26.4 Å². The molecule has 0 aliphatic carbocycles. The van der Waals surface area contributed by atoms with Gasteiger partial charge in [-0.3, -0.25) is 4.68 Å². The van der Waals surface area contributed by atoms with Crippen molar-refractivity contribution in [1.82, 2.24) is 20.0 Å². The molecule has 1 N–H and O–H groups in total. The lowest BCUT2D eigenvalue weighted by atomic mass is 10.1. The average Bonchev–Trinajstić information content (AvgIpc) is 3.08. The Morgan fingerprint density at radius 3 is 3.00 bits per heavy atom. The maximum atomic E-state index is 14.0. The van der Waals surface area contributed by atoms with Crippen molar-refractivity contribution >= 4 is 45.9 Å². The summed E-state index contributed by atoms with van der Waals surface area (Å²) in [5, 5.41) is 7.52. The van der Waals surface area contributed by atoms with Crippen molar-refractivity contribution in [2.45, 2.75) is 19.6 Å². The first-order valence-corrected chi connectivity index (χ1v) is 9.43. The van der Waals surface area contributed by atoms with Crippen LogP contribution in [0.3, 0.4) is 0 Å². The van der Waals surface area contributed by atoms with E-state index in [2.05, 4.69) is 36.2 Å². The van der Waals surface area contributed by atoms with Crippen molar-refractivity contribution in [3.63, 3.8) is 0 Å². The summed E-state index contributed by atoms with van der Waals surface area (Å²) in [6, 6.07) is 4.91. The number of morpholine rings is 1. The lowest BCUT2D eigenvalue weighted by Crippen LogP contribution is -2.48. The third kappa shape index (κ3) is 5.89. The molecule has 1 unspecified atom stereocenters. The van der Waals surface area contributed by atoms with Crippen LogP contribution in [0.15, 0.2) is 40.1 Å². The van der Waals surface area contributed by atoms with Gasteiger partial charge in [0.2, 0.25) is 0 Å². The average molecular weight is 552 g/mol. The quantitative estimate of drug-likeness (QED) is 0.359. The first kappa shape index (κ1) is 22.1. The van der Waals surface area contributed by atoms with E-state index in [-0.39, 0.29) is 42.4 Å². The largest absolute Gasteiger partial charge is 0.370 e. The van der Waals surface area contributed by atoms with Crippen LogP contribution in [0.1, 0.15) is 24.2 Å². The predicted octanol–water partition coefficient (Wildman–Crippen LogP) is 3.48. The van der Waals surface area contributed by atoms with E-state index in [4.69, 9.17) is 4.74 Å². The van der Waals surface area contributed by atoms with Crippen LogP contribution in [0, 0.1) is 5.82 Å². The Labute approximate surface area is 184 Å². The topological polar surface area (TPSA) is 54.7 Å². The van der Waals surface area contributed by atoms with Gasteiger partial charge in [0.1, 0.15) is 11.9 Å². The predicted molar refractivity (Wildman–Crippen MR) is 118 cm³/mol. The van der Waals surface area contributed by atoms with Gasteiger partial charge in [-0.15, -0.1) is 24.0 Å². The maximum absolute atomic E-state index is 14.0. The molecule has 6 nitrogen and oxygen atoms in total. The monoisotopic (exact) mass is 551 g/mol. The summed E-state index contributed by atoms with van der Waals surface area (Å²) in [5.41, 5.74) is 1.61. The van der Waals surface area contributed by atoms with Gasteiger partial charge in [-0.1, -0.05) is 15.9 Å². The summed E-state index contributed by atoms with van der Waals surface area (Å²) in [6.07, 6.45) is 3.74. The van der Waals surface area contributed by atoms with Gasteiger partial charge in [-0.05, 0) is 25.1 Å². The minimum Gasteiger partial charge on any atom is -0.370 e. The molecule has 9 heteroatoms. The number of ether oxygens (including phenoxy) is 1. The van der Waals surface area contributed by atoms with Crippen LogP contribution in [-0.4, -0.2) is 46.9 Å². The van der Waals surface area contributed by atoms with Crippen molar-refractivity contribution in [3.8, 4) is 0 Å². The lowest BCUT2D eigenvalue weighted by molar-refractivity contribution is -0.00805.